The summed E-state index contributed by atoms with van der Waals surface area (Å²) in [6, 6.07) is 3.54. The van der Waals surface area contributed by atoms with Crippen molar-refractivity contribution in [3.05, 3.63) is 36.0 Å². The second kappa shape index (κ2) is 13.6. The Kier molecular flexibility index (Phi) is 10.6. The van der Waals surface area contributed by atoms with Crippen molar-refractivity contribution in [3.63, 3.8) is 0 Å². The highest BCUT2D eigenvalue weighted by atomic mass is 16.4. The predicted octanol–water partition coefficient (Wildman–Crippen LogP) is -1.04. The Bertz CT molecular complexity index is 1110. The third kappa shape index (κ3) is 8.51. The Morgan fingerprint density at radius 3 is 2.08 bits per heavy atom. The first-order valence-electron chi connectivity index (χ1n) is 11.1. The fourth-order valence-electron chi connectivity index (χ4n) is 3.51. The molecule has 0 saturated carbocycles. The van der Waals surface area contributed by atoms with E-state index in [9.17, 15) is 28.8 Å². The lowest BCUT2D eigenvalue weighted by molar-refractivity contribution is -0.139. The van der Waals surface area contributed by atoms with Gasteiger partial charge in [-0.3, -0.25) is 28.8 Å². The standard InChI is InChI=1S/C23H28N5O8/c24-10-19(30)27-17(5-7-20(31)32)23(36)28-18(6-8-21(33)34)22(35)26-14(12-29)9-13-11-25-16-4-2-1-3-15(13)16/h1-4,11,14,17-18,25H,5-10,24H2,(H,26,35)(H,27,30)(H,28,36)(H,31,32)(H,33,34)/t14-,17-,18-/m0/s1. The van der Waals surface area contributed by atoms with Crippen molar-refractivity contribution < 1.29 is 39.0 Å². The number of fused-ring (bicyclic) bond motifs is 1. The molecule has 2 rings (SSSR count). The molecule has 0 aliphatic carbocycles. The van der Waals surface area contributed by atoms with Gasteiger partial charge in [-0.25, -0.2) is 0 Å². The SMILES string of the molecule is NCC(=O)N[C@@H](CCC(=O)O)C(=O)N[C@@H](CCC(=O)O)C(=O)N[C@H]([C]=O)Cc1c[nH]c2ccccc12. The van der Waals surface area contributed by atoms with E-state index in [2.05, 4.69) is 20.9 Å². The Labute approximate surface area is 205 Å². The molecule has 0 aliphatic heterocycles. The number of aromatic nitrogens is 1. The number of para-hydroxylation sites is 1. The summed E-state index contributed by atoms with van der Waals surface area (Å²) in [7, 11) is 0. The van der Waals surface area contributed by atoms with Crippen LogP contribution in [0.5, 0.6) is 0 Å². The summed E-state index contributed by atoms with van der Waals surface area (Å²) in [5.74, 6) is -4.89. The van der Waals surface area contributed by atoms with E-state index < -0.39 is 67.2 Å². The fraction of sp³-hybridized carbons (Fsp3) is 0.391. The van der Waals surface area contributed by atoms with Crippen LogP contribution in [0.2, 0.25) is 0 Å². The smallest absolute Gasteiger partial charge is 0.303 e. The molecule has 0 spiro atoms. The normalized spacial score (nSPS) is 13.2. The molecule has 2 aromatic rings. The van der Waals surface area contributed by atoms with Crippen LogP contribution in [-0.2, 0) is 35.2 Å². The quantitative estimate of drug-likeness (QED) is 0.158. The largest absolute Gasteiger partial charge is 0.481 e. The van der Waals surface area contributed by atoms with Crippen molar-refractivity contribution in [2.75, 3.05) is 6.54 Å². The van der Waals surface area contributed by atoms with Crippen LogP contribution < -0.4 is 21.7 Å². The van der Waals surface area contributed by atoms with Crippen LogP contribution in [0, 0.1) is 0 Å². The van der Waals surface area contributed by atoms with Crippen molar-refractivity contribution in [1.29, 1.82) is 0 Å². The highest BCUT2D eigenvalue weighted by Gasteiger charge is 2.29. The Hall–Kier alpha value is -4.26. The summed E-state index contributed by atoms with van der Waals surface area (Å²) >= 11 is 0. The number of carbonyl (C=O) groups excluding carboxylic acids is 4. The van der Waals surface area contributed by atoms with Crippen LogP contribution in [0.25, 0.3) is 10.9 Å². The number of aromatic amines is 1. The van der Waals surface area contributed by atoms with Crippen LogP contribution in [0.3, 0.4) is 0 Å². The molecule has 0 bridgehead atoms. The van der Waals surface area contributed by atoms with Gasteiger partial charge in [0.05, 0.1) is 12.6 Å². The first kappa shape index (κ1) is 28.0. The van der Waals surface area contributed by atoms with E-state index in [0.717, 1.165) is 16.5 Å². The van der Waals surface area contributed by atoms with E-state index >= 15 is 0 Å². The summed E-state index contributed by atoms with van der Waals surface area (Å²) in [6.07, 6.45) is 1.98. The number of carboxylic acids is 2. The molecule has 1 heterocycles. The van der Waals surface area contributed by atoms with Crippen molar-refractivity contribution >= 4 is 46.8 Å². The molecule has 0 fully saturated rings. The maximum absolute atomic E-state index is 12.9. The van der Waals surface area contributed by atoms with Gasteiger partial charge >= 0.3 is 11.9 Å². The summed E-state index contributed by atoms with van der Waals surface area (Å²) in [5, 5.41) is 25.9. The molecule has 0 aliphatic rings. The maximum Gasteiger partial charge on any atom is 0.303 e. The number of amides is 3. The molecule has 13 nitrogen and oxygen atoms in total. The molecule has 3 atom stereocenters. The lowest BCUT2D eigenvalue weighted by Crippen LogP contribution is -2.56. The first-order valence-corrected chi connectivity index (χ1v) is 11.1. The molecule has 193 valence electrons. The van der Waals surface area contributed by atoms with E-state index in [-0.39, 0.29) is 19.3 Å². The van der Waals surface area contributed by atoms with E-state index in [1.54, 1.807) is 12.5 Å². The molecule has 0 saturated heterocycles. The van der Waals surface area contributed by atoms with Gasteiger partial charge in [0.2, 0.25) is 24.0 Å². The van der Waals surface area contributed by atoms with Gasteiger partial charge in [0.15, 0.2) is 0 Å². The molecule has 0 unspecified atom stereocenters. The molecule has 8 N–H and O–H groups in total. The second-order valence-corrected chi connectivity index (χ2v) is 7.99. The van der Waals surface area contributed by atoms with E-state index in [0.29, 0.717) is 0 Å². The van der Waals surface area contributed by atoms with Crippen LogP contribution >= 0.6 is 0 Å². The molecule has 13 heteroatoms. The van der Waals surface area contributed by atoms with Crippen LogP contribution in [0.4, 0.5) is 0 Å². The molecular weight excluding hydrogens is 474 g/mol. The first-order chi connectivity index (χ1) is 17.1. The molecule has 3 amide bonds. The van der Waals surface area contributed by atoms with Crippen molar-refractivity contribution in [3.8, 4) is 0 Å². The lowest BCUT2D eigenvalue weighted by atomic mass is 10.0. The Balaban J connectivity index is 2.14. The van der Waals surface area contributed by atoms with E-state index in [1.807, 2.05) is 24.3 Å². The minimum atomic E-state index is -1.38. The summed E-state index contributed by atoms with van der Waals surface area (Å²) in [6.45, 7) is -0.454. The average molecular weight is 503 g/mol. The molecule has 36 heavy (non-hydrogen) atoms. The lowest BCUT2D eigenvalue weighted by Gasteiger charge is -2.23. The molecule has 1 aromatic carbocycles. The number of nitrogens with two attached hydrogens (primary N) is 1. The number of hydrogen-bond acceptors (Lipinski definition) is 7. The zero-order valence-electron chi connectivity index (χ0n) is 19.3. The van der Waals surface area contributed by atoms with Gasteiger partial charge in [0.25, 0.3) is 0 Å². The molecule has 1 aromatic heterocycles. The van der Waals surface area contributed by atoms with E-state index in [1.165, 1.54) is 0 Å². The number of carboxylic acid groups (broad SMARTS) is 2. The topological polar surface area (TPSA) is 221 Å². The maximum atomic E-state index is 12.9. The minimum absolute atomic E-state index is 0.0899. The van der Waals surface area contributed by atoms with Gasteiger partial charge in [-0.15, -0.1) is 0 Å². The fourth-order valence-corrected chi connectivity index (χ4v) is 3.51. The van der Waals surface area contributed by atoms with Gasteiger partial charge in [-0.05, 0) is 24.5 Å². The minimum Gasteiger partial charge on any atom is -0.481 e. The third-order valence-corrected chi connectivity index (χ3v) is 5.32. The number of carbonyl (C=O) groups is 5. The van der Waals surface area contributed by atoms with Crippen molar-refractivity contribution in [1.82, 2.24) is 20.9 Å². The van der Waals surface area contributed by atoms with Crippen LogP contribution in [0.15, 0.2) is 30.5 Å². The predicted molar refractivity (Wildman–Crippen MR) is 126 cm³/mol. The Morgan fingerprint density at radius 2 is 1.50 bits per heavy atom. The van der Waals surface area contributed by atoms with Gasteiger partial charge < -0.3 is 36.9 Å². The van der Waals surface area contributed by atoms with Gasteiger partial charge in [-0.2, -0.15) is 0 Å². The third-order valence-electron chi connectivity index (χ3n) is 5.32. The van der Waals surface area contributed by atoms with Gasteiger partial charge in [0.1, 0.15) is 12.1 Å². The number of hydrogen-bond donors (Lipinski definition) is 7. The number of H-pyrrole nitrogens is 1. The van der Waals surface area contributed by atoms with Crippen LogP contribution in [-0.4, -0.2) is 75.8 Å². The number of nitrogens with one attached hydrogen (secondary N) is 4. The Morgan fingerprint density at radius 1 is 0.917 bits per heavy atom. The second-order valence-electron chi connectivity index (χ2n) is 7.99. The zero-order valence-corrected chi connectivity index (χ0v) is 19.3. The molecular formula is C23H28N5O8. The highest BCUT2D eigenvalue weighted by molar-refractivity contribution is 5.93. The number of rotatable bonds is 15. The summed E-state index contributed by atoms with van der Waals surface area (Å²) in [4.78, 5) is 74.0. The van der Waals surface area contributed by atoms with Crippen molar-refractivity contribution in [2.24, 2.45) is 5.73 Å². The van der Waals surface area contributed by atoms with Crippen molar-refractivity contribution in [2.45, 2.75) is 50.2 Å². The van der Waals surface area contributed by atoms with E-state index in [4.69, 9.17) is 15.9 Å². The number of benzene rings is 1. The average Bonchev–Trinajstić information content (AvgIpc) is 3.25. The zero-order chi connectivity index (χ0) is 26.7. The van der Waals surface area contributed by atoms with Gasteiger partial charge in [0, 0.05) is 36.4 Å². The van der Waals surface area contributed by atoms with Crippen LogP contribution in [0.1, 0.15) is 31.2 Å². The van der Waals surface area contributed by atoms with Gasteiger partial charge in [-0.1, -0.05) is 18.2 Å². The monoisotopic (exact) mass is 502 g/mol. The summed E-state index contributed by atoms with van der Waals surface area (Å²) < 4.78 is 0. The highest BCUT2D eigenvalue weighted by Crippen LogP contribution is 2.19. The molecule has 1 radical (unpaired) electrons. The number of aliphatic carboxylic acids is 2. The summed E-state index contributed by atoms with van der Waals surface area (Å²) in [5.41, 5.74) is 6.81.